The molecule has 0 radical (unpaired) electrons. The number of phenols is 2. The highest BCUT2D eigenvalue weighted by Gasteiger charge is 2.18. The van der Waals surface area contributed by atoms with E-state index in [-0.39, 0.29) is 29.4 Å². The molecule has 0 aliphatic heterocycles. The van der Waals surface area contributed by atoms with Crippen LogP contribution in [0.25, 0.3) is 0 Å². The number of hydrogen-bond donors (Lipinski definition) is 3. The Hall–Kier alpha value is -1.62. The van der Waals surface area contributed by atoms with E-state index in [4.69, 9.17) is 5.73 Å². The quantitative estimate of drug-likeness (QED) is 0.282. The second-order valence-corrected chi connectivity index (χ2v) is 2.39. The van der Waals surface area contributed by atoms with E-state index in [1.165, 1.54) is 12.1 Å². The molecule has 0 bridgehead atoms. The molecule has 1 aromatic rings. The van der Waals surface area contributed by atoms with Crippen LogP contribution in [0.15, 0.2) is 12.1 Å². The summed E-state index contributed by atoms with van der Waals surface area (Å²) in [5.41, 5.74) is 5.01. The predicted molar refractivity (Wildman–Crippen MR) is 52.8 cm³/mol. The number of nitrogen functional groups attached to an aromatic ring is 1. The maximum absolute atomic E-state index is 11.0. The monoisotopic (exact) mass is 219 g/mol. The first kappa shape index (κ1) is 12.4. The van der Waals surface area contributed by atoms with E-state index in [2.05, 4.69) is 4.74 Å². The van der Waals surface area contributed by atoms with Crippen molar-refractivity contribution in [1.29, 1.82) is 0 Å². The molecule has 6 heteroatoms. The zero-order valence-corrected chi connectivity index (χ0v) is 8.17. The Morgan fingerprint density at radius 2 is 2.00 bits per heavy atom. The average molecular weight is 220 g/mol. The van der Waals surface area contributed by atoms with Crippen LogP contribution in [-0.2, 0) is 4.74 Å². The molecule has 0 aliphatic rings. The number of esters is 1. The molecule has 0 atom stereocenters. The van der Waals surface area contributed by atoms with Crippen molar-refractivity contribution in [1.82, 2.24) is 0 Å². The van der Waals surface area contributed by atoms with Gasteiger partial charge in [-0.25, -0.2) is 4.79 Å². The van der Waals surface area contributed by atoms with E-state index >= 15 is 0 Å². The summed E-state index contributed by atoms with van der Waals surface area (Å²) in [4.78, 5) is 11.0. The minimum absolute atomic E-state index is 0. The fraction of sp³-hybridized carbons (Fsp3) is 0.125. The first-order chi connectivity index (χ1) is 6.07. The van der Waals surface area contributed by atoms with Crippen LogP contribution < -0.4 is 5.73 Å². The van der Waals surface area contributed by atoms with Crippen LogP contribution in [0, 0.1) is 0 Å². The van der Waals surface area contributed by atoms with Gasteiger partial charge >= 0.3 is 5.97 Å². The Labute approximate surface area is 86.5 Å². The summed E-state index contributed by atoms with van der Waals surface area (Å²) in [6, 6.07) is 2.50. The third-order valence-electron chi connectivity index (χ3n) is 1.58. The standard InChI is InChI=1S/C8H9NO4.ClH/c1-13-8(12)6-5(10)3-2-4(9)7(6)11;/h2-3,10-11H,9H2,1H3;1H. The molecule has 5 nitrogen and oxygen atoms in total. The number of benzene rings is 1. The maximum Gasteiger partial charge on any atom is 0.345 e. The van der Waals surface area contributed by atoms with Crippen molar-refractivity contribution in [2.45, 2.75) is 0 Å². The van der Waals surface area contributed by atoms with E-state index in [1.54, 1.807) is 0 Å². The van der Waals surface area contributed by atoms with Crippen molar-refractivity contribution < 1.29 is 19.7 Å². The molecule has 0 saturated carbocycles. The minimum atomic E-state index is -0.831. The number of ether oxygens (including phenoxy) is 1. The lowest BCUT2D eigenvalue weighted by molar-refractivity contribution is 0.0594. The lowest BCUT2D eigenvalue weighted by Gasteiger charge is -2.06. The number of nitrogens with two attached hydrogens (primary N) is 1. The lowest BCUT2D eigenvalue weighted by Crippen LogP contribution is -2.03. The minimum Gasteiger partial charge on any atom is -0.507 e. The fourth-order valence-corrected chi connectivity index (χ4v) is 0.900. The van der Waals surface area contributed by atoms with Crippen molar-refractivity contribution in [2.24, 2.45) is 0 Å². The van der Waals surface area contributed by atoms with Crippen molar-refractivity contribution in [3.63, 3.8) is 0 Å². The number of rotatable bonds is 1. The number of aromatic hydroxyl groups is 2. The normalized spacial score (nSPS) is 8.93. The summed E-state index contributed by atoms with van der Waals surface area (Å²) in [5, 5.41) is 18.5. The molecule has 14 heavy (non-hydrogen) atoms. The second-order valence-electron chi connectivity index (χ2n) is 2.39. The van der Waals surface area contributed by atoms with Crippen molar-refractivity contribution in [3.05, 3.63) is 17.7 Å². The smallest absolute Gasteiger partial charge is 0.345 e. The largest absolute Gasteiger partial charge is 0.507 e. The first-order valence-electron chi connectivity index (χ1n) is 3.46. The van der Waals surface area contributed by atoms with Gasteiger partial charge < -0.3 is 20.7 Å². The van der Waals surface area contributed by atoms with Crippen LogP contribution in [0.2, 0.25) is 0 Å². The van der Waals surface area contributed by atoms with Crippen molar-refractivity contribution >= 4 is 24.1 Å². The summed E-state index contributed by atoms with van der Waals surface area (Å²) in [6.45, 7) is 0. The highest BCUT2D eigenvalue weighted by Crippen LogP contribution is 2.32. The number of carbonyl (C=O) groups excluding carboxylic acids is 1. The molecule has 0 amide bonds. The molecule has 4 N–H and O–H groups in total. The lowest BCUT2D eigenvalue weighted by atomic mass is 10.1. The molecule has 1 aromatic carbocycles. The molecule has 0 heterocycles. The number of methoxy groups -OCH3 is 1. The Morgan fingerprint density at radius 1 is 1.43 bits per heavy atom. The molecule has 0 aromatic heterocycles. The Morgan fingerprint density at radius 3 is 2.50 bits per heavy atom. The fourth-order valence-electron chi connectivity index (χ4n) is 0.900. The molecule has 0 aliphatic carbocycles. The van der Waals surface area contributed by atoms with Crippen LogP contribution in [-0.4, -0.2) is 23.3 Å². The van der Waals surface area contributed by atoms with Crippen LogP contribution in [0.4, 0.5) is 5.69 Å². The topological polar surface area (TPSA) is 92.8 Å². The molecule has 1 rings (SSSR count). The summed E-state index contributed by atoms with van der Waals surface area (Å²) in [6.07, 6.45) is 0. The number of carbonyl (C=O) groups is 1. The Bertz CT molecular complexity index is 353. The SMILES string of the molecule is COC(=O)c1c(O)ccc(N)c1O.Cl. The average Bonchev–Trinajstić information content (AvgIpc) is 2.12. The summed E-state index contributed by atoms with van der Waals surface area (Å²) >= 11 is 0. The Kier molecular flexibility index (Phi) is 4.04. The van der Waals surface area contributed by atoms with Crippen LogP contribution >= 0.6 is 12.4 Å². The molecular weight excluding hydrogens is 210 g/mol. The van der Waals surface area contributed by atoms with E-state index in [0.717, 1.165) is 7.11 Å². The van der Waals surface area contributed by atoms with Gasteiger partial charge in [-0.15, -0.1) is 12.4 Å². The summed E-state index contributed by atoms with van der Waals surface area (Å²) in [5.74, 6) is -1.66. The maximum atomic E-state index is 11.0. The first-order valence-corrected chi connectivity index (χ1v) is 3.46. The second kappa shape index (κ2) is 4.57. The van der Waals surface area contributed by atoms with Crippen LogP contribution in [0.1, 0.15) is 10.4 Å². The van der Waals surface area contributed by atoms with Gasteiger partial charge in [0.1, 0.15) is 11.3 Å². The van der Waals surface area contributed by atoms with Crippen molar-refractivity contribution in [3.8, 4) is 11.5 Å². The Balaban J connectivity index is 0.00000169. The number of hydrogen-bond acceptors (Lipinski definition) is 5. The summed E-state index contributed by atoms with van der Waals surface area (Å²) in [7, 11) is 1.14. The van der Waals surface area contributed by atoms with Gasteiger partial charge in [0.15, 0.2) is 5.75 Å². The van der Waals surface area contributed by atoms with Crippen molar-refractivity contribution in [2.75, 3.05) is 12.8 Å². The zero-order valence-electron chi connectivity index (χ0n) is 7.35. The molecule has 0 spiro atoms. The summed E-state index contributed by atoms with van der Waals surface area (Å²) < 4.78 is 4.34. The van der Waals surface area contributed by atoms with E-state index < -0.39 is 11.7 Å². The van der Waals surface area contributed by atoms with Gasteiger partial charge in [0, 0.05) is 0 Å². The highest BCUT2D eigenvalue weighted by atomic mass is 35.5. The van der Waals surface area contributed by atoms with Gasteiger partial charge in [-0.1, -0.05) is 0 Å². The van der Waals surface area contributed by atoms with E-state index in [1.807, 2.05) is 0 Å². The van der Waals surface area contributed by atoms with Gasteiger partial charge in [-0.3, -0.25) is 0 Å². The molecule has 0 unspecified atom stereocenters. The predicted octanol–water partition coefficient (Wildman–Crippen LogP) is 0.888. The molecule has 78 valence electrons. The third-order valence-corrected chi connectivity index (χ3v) is 1.58. The van der Waals surface area contributed by atoms with Crippen LogP contribution in [0.3, 0.4) is 0 Å². The highest BCUT2D eigenvalue weighted by molar-refractivity contribution is 5.97. The van der Waals surface area contributed by atoms with Gasteiger partial charge in [0.25, 0.3) is 0 Å². The number of halogens is 1. The van der Waals surface area contributed by atoms with E-state index in [9.17, 15) is 15.0 Å². The van der Waals surface area contributed by atoms with Gasteiger partial charge in [-0.05, 0) is 12.1 Å². The van der Waals surface area contributed by atoms with Gasteiger partial charge in [0.05, 0.1) is 12.8 Å². The zero-order chi connectivity index (χ0) is 10.0. The number of anilines is 1. The van der Waals surface area contributed by atoms with Crippen LogP contribution in [0.5, 0.6) is 11.5 Å². The van der Waals surface area contributed by atoms with Gasteiger partial charge in [-0.2, -0.15) is 0 Å². The van der Waals surface area contributed by atoms with E-state index in [0.29, 0.717) is 0 Å². The van der Waals surface area contributed by atoms with Gasteiger partial charge in [0.2, 0.25) is 0 Å². The number of phenolic OH excluding ortho intramolecular Hbond substituents is 2. The molecule has 0 saturated heterocycles. The molecule has 0 fully saturated rings. The molecular formula is C8H10ClNO4. The third kappa shape index (κ3) is 2.00.